The highest BCUT2D eigenvalue weighted by Gasteiger charge is 2.08. The number of halogens is 1. The molecule has 3 aromatic rings. The molecular weight excluding hydrogens is 268 g/mol. The van der Waals surface area contributed by atoms with Crippen molar-refractivity contribution in [2.75, 3.05) is 0 Å². The molecule has 0 amide bonds. The number of para-hydroxylation sites is 1. The lowest BCUT2D eigenvalue weighted by atomic mass is 10.0. The van der Waals surface area contributed by atoms with Gasteiger partial charge in [0.2, 0.25) is 0 Å². The molecule has 3 rings (SSSR count). The zero-order chi connectivity index (χ0) is 13.9. The minimum atomic E-state index is -0.0686. The van der Waals surface area contributed by atoms with Gasteiger partial charge in [0, 0.05) is 28.6 Å². The van der Waals surface area contributed by atoms with Gasteiger partial charge in [-0.15, -0.1) is 0 Å². The molecule has 2 aromatic carbocycles. The highest BCUT2D eigenvalue weighted by Crippen LogP contribution is 2.19. The van der Waals surface area contributed by atoms with E-state index in [0.29, 0.717) is 6.42 Å². The number of pyridine rings is 1. The molecule has 0 bridgehead atoms. The Balaban J connectivity index is 1.83. The second kappa shape index (κ2) is 5.61. The number of benzene rings is 2. The van der Waals surface area contributed by atoms with Crippen LogP contribution in [0.4, 0.5) is 0 Å². The predicted octanol–water partition coefficient (Wildman–Crippen LogP) is 4.13. The molecule has 0 fully saturated rings. The van der Waals surface area contributed by atoms with E-state index < -0.39 is 0 Å². The van der Waals surface area contributed by atoms with E-state index in [1.165, 1.54) is 0 Å². The second-order valence-corrected chi connectivity index (χ2v) is 5.29. The third-order valence-electron chi connectivity index (χ3n) is 3.38. The minimum Gasteiger partial charge on any atom is -0.324 e. The van der Waals surface area contributed by atoms with Crippen LogP contribution in [-0.4, -0.2) is 4.98 Å². The van der Waals surface area contributed by atoms with Crippen LogP contribution in [0, 0.1) is 0 Å². The fraction of sp³-hybridized carbons (Fsp3) is 0.118. The van der Waals surface area contributed by atoms with E-state index in [-0.39, 0.29) is 6.04 Å². The van der Waals surface area contributed by atoms with Gasteiger partial charge in [-0.2, -0.15) is 0 Å². The van der Waals surface area contributed by atoms with Crippen LogP contribution in [0.15, 0.2) is 60.7 Å². The van der Waals surface area contributed by atoms with Crippen LogP contribution in [0.5, 0.6) is 0 Å². The van der Waals surface area contributed by atoms with Crippen molar-refractivity contribution in [3.63, 3.8) is 0 Å². The highest BCUT2D eigenvalue weighted by atomic mass is 35.5. The molecular formula is C17H15ClN2. The predicted molar refractivity (Wildman–Crippen MR) is 83.8 cm³/mol. The van der Waals surface area contributed by atoms with Crippen molar-refractivity contribution in [1.29, 1.82) is 0 Å². The van der Waals surface area contributed by atoms with Crippen LogP contribution >= 0.6 is 11.6 Å². The SMILES string of the molecule is NC(Cc1ccc2ccccc2n1)c1ccc(Cl)cc1. The van der Waals surface area contributed by atoms with E-state index >= 15 is 0 Å². The lowest BCUT2D eigenvalue weighted by Gasteiger charge is -2.12. The van der Waals surface area contributed by atoms with Crippen molar-refractivity contribution in [2.24, 2.45) is 5.73 Å². The van der Waals surface area contributed by atoms with Gasteiger partial charge < -0.3 is 5.73 Å². The van der Waals surface area contributed by atoms with Gasteiger partial charge in [-0.3, -0.25) is 4.98 Å². The van der Waals surface area contributed by atoms with Crippen LogP contribution in [0.3, 0.4) is 0 Å². The molecule has 0 spiro atoms. The normalized spacial score (nSPS) is 12.5. The lowest BCUT2D eigenvalue weighted by Crippen LogP contribution is -2.14. The monoisotopic (exact) mass is 282 g/mol. The second-order valence-electron chi connectivity index (χ2n) is 4.86. The standard InChI is InChI=1S/C17H15ClN2/c18-14-8-5-12(6-9-14)16(19)11-15-10-7-13-3-1-2-4-17(13)20-15/h1-10,16H,11,19H2. The summed E-state index contributed by atoms with van der Waals surface area (Å²) in [4.78, 5) is 4.65. The molecule has 0 aliphatic rings. The van der Waals surface area contributed by atoms with Crippen molar-refractivity contribution >= 4 is 22.5 Å². The fourth-order valence-corrected chi connectivity index (χ4v) is 2.40. The minimum absolute atomic E-state index is 0.0686. The average Bonchev–Trinajstić information content (AvgIpc) is 2.48. The Kier molecular flexibility index (Phi) is 3.68. The summed E-state index contributed by atoms with van der Waals surface area (Å²) in [6.07, 6.45) is 0.715. The van der Waals surface area contributed by atoms with Gasteiger partial charge in [-0.25, -0.2) is 0 Å². The zero-order valence-electron chi connectivity index (χ0n) is 11.0. The Morgan fingerprint density at radius 3 is 2.50 bits per heavy atom. The van der Waals surface area contributed by atoms with Crippen LogP contribution in [0.25, 0.3) is 10.9 Å². The summed E-state index contributed by atoms with van der Waals surface area (Å²) in [5.74, 6) is 0. The van der Waals surface area contributed by atoms with Crippen molar-refractivity contribution in [2.45, 2.75) is 12.5 Å². The lowest BCUT2D eigenvalue weighted by molar-refractivity contribution is 0.709. The van der Waals surface area contributed by atoms with Crippen LogP contribution in [0.2, 0.25) is 5.02 Å². The van der Waals surface area contributed by atoms with E-state index in [2.05, 4.69) is 17.1 Å². The molecule has 0 aliphatic carbocycles. The number of nitrogens with zero attached hydrogens (tertiary/aromatic N) is 1. The summed E-state index contributed by atoms with van der Waals surface area (Å²) < 4.78 is 0. The molecule has 2 N–H and O–H groups in total. The molecule has 0 saturated carbocycles. The maximum atomic E-state index is 6.24. The molecule has 20 heavy (non-hydrogen) atoms. The summed E-state index contributed by atoms with van der Waals surface area (Å²) in [7, 11) is 0. The third kappa shape index (κ3) is 2.82. The maximum absolute atomic E-state index is 6.24. The van der Waals surface area contributed by atoms with Crippen molar-refractivity contribution in [3.05, 3.63) is 76.9 Å². The van der Waals surface area contributed by atoms with Crippen LogP contribution in [-0.2, 0) is 6.42 Å². The van der Waals surface area contributed by atoms with Gasteiger partial charge in [0.05, 0.1) is 5.52 Å². The van der Waals surface area contributed by atoms with Gasteiger partial charge in [0.25, 0.3) is 0 Å². The summed E-state index contributed by atoms with van der Waals surface area (Å²) in [6, 6.07) is 19.8. The number of hydrogen-bond acceptors (Lipinski definition) is 2. The van der Waals surface area contributed by atoms with E-state index in [0.717, 1.165) is 27.2 Å². The highest BCUT2D eigenvalue weighted by molar-refractivity contribution is 6.30. The zero-order valence-corrected chi connectivity index (χ0v) is 11.7. The van der Waals surface area contributed by atoms with Gasteiger partial charge in [-0.05, 0) is 29.8 Å². The summed E-state index contributed by atoms with van der Waals surface area (Å²) in [5.41, 5.74) is 9.32. The summed E-state index contributed by atoms with van der Waals surface area (Å²) >= 11 is 5.89. The summed E-state index contributed by atoms with van der Waals surface area (Å²) in [5, 5.41) is 1.88. The number of aromatic nitrogens is 1. The van der Waals surface area contributed by atoms with E-state index in [9.17, 15) is 0 Å². The van der Waals surface area contributed by atoms with E-state index in [1.54, 1.807) is 0 Å². The molecule has 1 heterocycles. The molecule has 3 heteroatoms. The molecule has 1 unspecified atom stereocenters. The number of rotatable bonds is 3. The number of nitrogens with two attached hydrogens (primary N) is 1. The Morgan fingerprint density at radius 2 is 1.70 bits per heavy atom. The Hall–Kier alpha value is -1.90. The van der Waals surface area contributed by atoms with Crippen LogP contribution < -0.4 is 5.73 Å². The van der Waals surface area contributed by atoms with Gasteiger partial charge in [0.1, 0.15) is 0 Å². The molecule has 1 aromatic heterocycles. The van der Waals surface area contributed by atoms with Gasteiger partial charge in [-0.1, -0.05) is 48.0 Å². The number of hydrogen-bond donors (Lipinski definition) is 1. The smallest absolute Gasteiger partial charge is 0.0705 e. The van der Waals surface area contributed by atoms with Crippen LogP contribution in [0.1, 0.15) is 17.3 Å². The van der Waals surface area contributed by atoms with Crippen molar-refractivity contribution in [1.82, 2.24) is 4.98 Å². The average molecular weight is 283 g/mol. The van der Waals surface area contributed by atoms with E-state index in [1.807, 2.05) is 48.5 Å². The molecule has 100 valence electrons. The molecule has 2 nitrogen and oxygen atoms in total. The maximum Gasteiger partial charge on any atom is 0.0705 e. The fourth-order valence-electron chi connectivity index (χ4n) is 2.28. The van der Waals surface area contributed by atoms with Crippen molar-refractivity contribution in [3.8, 4) is 0 Å². The topological polar surface area (TPSA) is 38.9 Å². The first-order valence-electron chi connectivity index (χ1n) is 6.58. The Labute approximate surface area is 123 Å². The van der Waals surface area contributed by atoms with Gasteiger partial charge in [0.15, 0.2) is 0 Å². The van der Waals surface area contributed by atoms with E-state index in [4.69, 9.17) is 17.3 Å². The Bertz CT molecular complexity index is 722. The molecule has 1 atom stereocenters. The Morgan fingerprint density at radius 1 is 0.950 bits per heavy atom. The summed E-state index contributed by atoms with van der Waals surface area (Å²) in [6.45, 7) is 0. The third-order valence-corrected chi connectivity index (χ3v) is 3.64. The first-order chi connectivity index (χ1) is 9.72. The number of fused-ring (bicyclic) bond motifs is 1. The first-order valence-corrected chi connectivity index (χ1v) is 6.96. The molecule has 0 aliphatic heterocycles. The molecule has 0 radical (unpaired) electrons. The largest absolute Gasteiger partial charge is 0.324 e. The first kappa shape index (κ1) is 13.1. The van der Waals surface area contributed by atoms with Gasteiger partial charge >= 0.3 is 0 Å². The molecule has 0 saturated heterocycles. The quantitative estimate of drug-likeness (QED) is 0.784. The van der Waals surface area contributed by atoms with Crippen molar-refractivity contribution < 1.29 is 0 Å².